The highest BCUT2D eigenvalue weighted by molar-refractivity contribution is 6.59. The van der Waals surface area contributed by atoms with E-state index in [9.17, 15) is 0 Å². The van der Waals surface area contributed by atoms with E-state index in [2.05, 4.69) is 0 Å². The molecule has 2 aromatic carbocycles. The van der Waals surface area contributed by atoms with Crippen LogP contribution in [0.1, 0.15) is 11.1 Å². The number of halogens is 1. The predicted molar refractivity (Wildman–Crippen MR) is 76.8 cm³/mol. The minimum Gasteiger partial charge on any atom is -0.487 e. The summed E-state index contributed by atoms with van der Waals surface area (Å²) in [5, 5.41) is 18.6. The zero-order valence-corrected chi connectivity index (χ0v) is 11.3. The normalized spacial score (nSPS) is 10.3. The first-order chi connectivity index (χ1) is 9.08. The van der Waals surface area contributed by atoms with Gasteiger partial charge in [-0.05, 0) is 29.6 Å². The van der Waals surface area contributed by atoms with Gasteiger partial charge in [0.05, 0.1) is 5.02 Å². The Morgan fingerprint density at radius 1 is 1.16 bits per heavy atom. The third-order valence-electron chi connectivity index (χ3n) is 2.78. The van der Waals surface area contributed by atoms with E-state index in [0.717, 1.165) is 11.1 Å². The van der Waals surface area contributed by atoms with Gasteiger partial charge in [-0.1, -0.05) is 48.0 Å². The van der Waals surface area contributed by atoms with Gasteiger partial charge in [0.1, 0.15) is 12.4 Å². The standard InChI is InChI=1S/C14H14BClO3/c1-10-7-12(15(17)18)8-13(16)14(10)19-9-11-5-3-2-4-6-11/h2-8,17-18H,9H2,1H3. The lowest BCUT2D eigenvalue weighted by molar-refractivity contribution is 0.304. The molecule has 3 nitrogen and oxygen atoms in total. The molecule has 0 fully saturated rings. The lowest BCUT2D eigenvalue weighted by atomic mass is 9.79. The number of ether oxygens (including phenoxy) is 1. The molecule has 19 heavy (non-hydrogen) atoms. The summed E-state index contributed by atoms with van der Waals surface area (Å²) < 4.78 is 5.69. The fraction of sp³-hybridized carbons (Fsp3) is 0.143. The summed E-state index contributed by atoms with van der Waals surface area (Å²) in [6.45, 7) is 2.24. The quantitative estimate of drug-likeness (QED) is 0.839. The molecule has 0 aromatic heterocycles. The molecule has 2 N–H and O–H groups in total. The van der Waals surface area contributed by atoms with Crippen LogP contribution in [0.4, 0.5) is 0 Å². The fourth-order valence-corrected chi connectivity index (χ4v) is 2.15. The topological polar surface area (TPSA) is 49.7 Å². The van der Waals surface area contributed by atoms with Crippen LogP contribution in [0.15, 0.2) is 42.5 Å². The molecule has 0 amide bonds. The van der Waals surface area contributed by atoms with Crippen LogP contribution in [0, 0.1) is 6.92 Å². The van der Waals surface area contributed by atoms with Crippen LogP contribution in [0.5, 0.6) is 5.75 Å². The summed E-state index contributed by atoms with van der Waals surface area (Å²) >= 11 is 6.10. The van der Waals surface area contributed by atoms with E-state index in [1.165, 1.54) is 6.07 Å². The molecule has 98 valence electrons. The maximum Gasteiger partial charge on any atom is 0.488 e. The molecule has 0 saturated heterocycles. The van der Waals surface area contributed by atoms with Gasteiger partial charge >= 0.3 is 7.12 Å². The monoisotopic (exact) mass is 276 g/mol. The molecule has 0 heterocycles. The molecular formula is C14H14BClO3. The molecule has 0 atom stereocenters. The number of aryl methyl sites for hydroxylation is 1. The Bertz CT molecular complexity index is 535. The summed E-state index contributed by atoms with van der Waals surface area (Å²) in [5.41, 5.74) is 2.17. The zero-order chi connectivity index (χ0) is 13.8. The van der Waals surface area contributed by atoms with Crippen molar-refractivity contribution in [3.05, 3.63) is 58.6 Å². The molecule has 5 heteroatoms. The average Bonchev–Trinajstić information content (AvgIpc) is 2.38. The molecule has 2 rings (SSSR count). The van der Waals surface area contributed by atoms with Gasteiger partial charge in [0.2, 0.25) is 0 Å². The van der Waals surface area contributed by atoms with Crippen molar-refractivity contribution < 1.29 is 14.8 Å². The number of rotatable bonds is 4. The summed E-state index contributed by atoms with van der Waals surface area (Å²) in [4.78, 5) is 0. The van der Waals surface area contributed by atoms with Crippen LogP contribution in [-0.4, -0.2) is 17.2 Å². The Hall–Kier alpha value is -1.49. The number of hydrogen-bond donors (Lipinski definition) is 2. The third kappa shape index (κ3) is 3.50. The van der Waals surface area contributed by atoms with E-state index >= 15 is 0 Å². The number of hydrogen-bond acceptors (Lipinski definition) is 3. The second-order valence-corrected chi connectivity index (χ2v) is 4.70. The van der Waals surface area contributed by atoms with Gasteiger partial charge in [0.25, 0.3) is 0 Å². The van der Waals surface area contributed by atoms with E-state index < -0.39 is 7.12 Å². The zero-order valence-electron chi connectivity index (χ0n) is 10.5. The first kappa shape index (κ1) is 13.9. The van der Waals surface area contributed by atoms with Crippen molar-refractivity contribution in [2.75, 3.05) is 0 Å². The van der Waals surface area contributed by atoms with Crippen LogP contribution < -0.4 is 10.2 Å². The first-order valence-electron chi connectivity index (χ1n) is 5.91. The minimum absolute atomic E-state index is 0.356. The second-order valence-electron chi connectivity index (χ2n) is 4.30. The largest absolute Gasteiger partial charge is 0.488 e. The summed E-state index contributed by atoms with van der Waals surface area (Å²) in [7, 11) is -1.53. The van der Waals surface area contributed by atoms with Crippen molar-refractivity contribution in [1.29, 1.82) is 0 Å². The van der Waals surface area contributed by atoms with Crippen LogP contribution in [0.25, 0.3) is 0 Å². The second kappa shape index (κ2) is 6.11. The van der Waals surface area contributed by atoms with Crippen LogP contribution in [0.3, 0.4) is 0 Å². The fourth-order valence-electron chi connectivity index (χ4n) is 1.82. The van der Waals surface area contributed by atoms with Gasteiger partial charge in [-0.15, -0.1) is 0 Å². The Kier molecular flexibility index (Phi) is 4.48. The van der Waals surface area contributed by atoms with Crippen molar-refractivity contribution in [2.24, 2.45) is 0 Å². The molecule has 0 spiro atoms. The van der Waals surface area contributed by atoms with Crippen molar-refractivity contribution >= 4 is 24.2 Å². The van der Waals surface area contributed by atoms with Gasteiger partial charge in [0.15, 0.2) is 0 Å². The minimum atomic E-state index is -1.53. The first-order valence-corrected chi connectivity index (χ1v) is 6.28. The van der Waals surface area contributed by atoms with Gasteiger partial charge < -0.3 is 14.8 Å². The maximum atomic E-state index is 9.13. The molecule has 0 aliphatic heterocycles. The van der Waals surface area contributed by atoms with Crippen molar-refractivity contribution in [3.8, 4) is 5.75 Å². The lowest BCUT2D eigenvalue weighted by Gasteiger charge is -2.13. The Morgan fingerprint density at radius 2 is 1.84 bits per heavy atom. The number of benzene rings is 2. The summed E-state index contributed by atoms with van der Waals surface area (Å²) in [6.07, 6.45) is 0. The molecule has 0 aliphatic carbocycles. The van der Waals surface area contributed by atoms with Crippen molar-refractivity contribution in [3.63, 3.8) is 0 Å². The van der Waals surface area contributed by atoms with E-state index in [0.29, 0.717) is 22.8 Å². The molecular weight excluding hydrogens is 262 g/mol. The van der Waals surface area contributed by atoms with E-state index in [1.807, 2.05) is 37.3 Å². The highest BCUT2D eigenvalue weighted by Crippen LogP contribution is 2.28. The van der Waals surface area contributed by atoms with Crippen LogP contribution in [0.2, 0.25) is 5.02 Å². The van der Waals surface area contributed by atoms with E-state index in [4.69, 9.17) is 26.4 Å². The van der Waals surface area contributed by atoms with Crippen molar-refractivity contribution in [2.45, 2.75) is 13.5 Å². The molecule has 0 aliphatic rings. The Morgan fingerprint density at radius 3 is 2.42 bits per heavy atom. The molecule has 0 saturated carbocycles. The van der Waals surface area contributed by atoms with Crippen LogP contribution in [-0.2, 0) is 6.61 Å². The summed E-state index contributed by atoms with van der Waals surface area (Å²) in [6, 6.07) is 12.9. The van der Waals surface area contributed by atoms with Gasteiger partial charge in [-0.2, -0.15) is 0 Å². The van der Waals surface area contributed by atoms with Crippen LogP contribution >= 0.6 is 11.6 Å². The molecule has 2 aromatic rings. The average molecular weight is 277 g/mol. The van der Waals surface area contributed by atoms with E-state index in [1.54, 1.807) is 6.07 Å². The van der Waals surface area contributed by atoms with E-state index in [-0.39, 0.29) is 0 Å². The third-order valence-corrected chi connectivity index (χ3v) is 3.06. The molecule has 0 unspecified atom stereocenters. The molecule has 0 bridgehead atoms. The predicted octanol–water partition coefficient (Wildman–Crippen LogP) is 1.91. The molecule has 0 radical (unpaired) electrons. The Labute approximate surface area is 117 Å². The highest BCUT2D eigenvalue weighted by Gasteiger charge is 2.16. The summed E-state index contributed by atoms with van der Waals surface area (Å²) in [5.74, 6) is 0.565. The maximum absolute atomic E-state index is 9.13. The van der Waals surface area contributed by atoms with Gasteiger partial charge in [-0.25, -0.2) is 0 Å². The smallest absolute Gasteiger partial charge is 0.487 e. The lowest BCUT2D eigenvalue weighted by Crippen LogP contribution is -2.30. The Balaban J connectivity index is 2.17. The van der Waals surface area contributed by atoms with Gasteiger partial charge in [-0.3, -0.25) is 0 Å². The highest BCUT2D eigenvalue weighted by atomic mass is 35.5. The SMILES string of the molecule is Cc1cc(B(O)O)cc(Cl)c1OCc1ccccc1. The van der Waals surface area contributed by atoms with Crippen molar-refractivity contribution in [1.82, 2.24) is 0 Å². The van der Waals surface area contributed by atoms with Gasteiger partial charge in [0, 0.05) is 0 Å².